The maximum atomic E-state index is 12.9. The molecular formula is C17H23N5O2. The molecule has 7 heteroatoms. The molecular weight excluding hydrogens is 306 g/mol. The summed E-state index contributed by atoms with van der Waals surface area (Å²) in [6.07, 6.45) is 8.66. The Hall–Kier alpha value is -2.57. The van der Waals surface area contributed by atoms with E-state index in [0.29, 0.717) is 11.2 Å². The highest BCUT2D eigenvalue weighted by molar-refractivity contribution is 5.75. The fourth-order valence-electron chi connectivity index (χ4n) is 3.11. The molecule has 0 saturated carbocycles. The molecule has 1 aliphatic rings. The maximum Gasteiger partial charge on any atom is 0.332 e. The molecule has 7 nitrogen and oxygen atoms in total. The van der Waals surface area contributed by atoms with E-state index in [0.717, 1.165) is 32.0 Å². The highest BCUT2D eigenvalue weighted by atomic mass is 16.2. The average molecular weight is 329 g/mol. The molecule has 128 valence electrons. The second kappa shape index (κ2) is 6.51. The van der Waals surface area contributed by atoms with Crippen LogP contribution in [0.1, 0.15) is 20.3 Å². The third kappa shape index (κ3) is 2.50. The number of allylic oxidation sites excluding steroid dienone is 3. The van der Waals surface area contributed by atoms with Gasteiger partial charge in [0.2, 0.25) is 5.95 Å². The monoisotopic (exact) mass is 329 g/mol. The van der Waals surface area contributed by atoms with Crippen LogP contribution in [0.4, 0.5) is 5.95 Å². The average Bonchev–Trinajstić information content (AvgIpc) is 2.98. The quantitative estimate of drug-likeness (QED) is 0.792. The summed E-state index contributed by atoms with van der Waals surface area (Å²) >= 11 is 0. The van der Waals surface area contributed by atoms with E-state index in [1.807, 2.05) is 30.6 Å². The second-order valence-electron chi connectivity index (χ2n) is 5.93. The lowest BCUT2D eigenvalue weighted by Crippen LogP contribution is -2.39. The summed E-state index contributed by atoms with van der Waals surface area (Å²) in [5, 5.41) is 0. The number of imidazole rings is 1. The van der Waals surface area contributed by atoms with Gasteiger partial charge in [0.1, 0.15) is 0 Å². The Bertz CT molecular complexity index is 929. The lowest BCUT2D eigenvalue weighted by Gasteiger charge is -2.27. The van der Waals surface area contributed by atoms with E-state index in [-0.39, 0.29) is 17.8 Å². The minimum Gasteiger partial charge on any atom is -0.338 e. The summed E-state index contributed by atoms with van der Waals surface area (Å²) in [5.41, 5.74) is 0.379. The lowest BCUT2D eigenvalue weighted by atomic mass is 10.3. The van der Waals surface area contributed by atoms with E-state index in [2.05, 4.69) is 16.0 Å². The van der Waals surface area contributed by atoms with Crippen molar-refractivity contribution in [2.24, 2.45) is 7.05 Å². The summed E-state index contributed by atoms with van der Waals surface area (Å²) in [7, 11) is 1.67. The number of hydrogen-bond donors (Lipinski definition) is 0. The molecule has 24 heavy (non-hydrogen) atoms. The van der Waals surface area contributed by atoms with E-state index in [4.69, 9.17) is 0 Å². The lowest BCUT2D eigenvalue weighted by molar-refractivity contribution is 0.576. The van der Waals surface area contributed by atoms with Gasteiger partial charge in [0.05, 0.1) is 0 Å². The Morgan fingerprint density at radius 1 is 1.08 bits per heavy atom. The third-order valence-electron chi connectivity index (χ3n) is 4.39. The van der Waals surface area contributed by atoms with Crippen molar-refractivity contribution in [1.82, 2.24) is 18.7 Å². The summed E-state index contributed by atoms with van der Waals surface area (Å²) in [4.78, 5) is 32.1. The molecule has 0 spiro atoms. The Labute approximate surface area is 140 Å². The minimum atomic E-state index is -0.332. The normalized spacial score (nSPS) is 15.0. The van der Waals surface area contributed by atoms with Crippen LogP contribution in [0, 0.1) is 0 Å². The van der Waals surface area contributed by atoms with Gasteiger partial charge < -0.3 is 9.47 Å². The number of fused-ring (bicyclic) bond motifs is 3. The third-order valence-corrected chi connectivity index (χ3v) is 4.39. The molecule has 0 aromatic carbocycles. The van der Waals surface area contributed by atoms with Crippen LogP contribution in [-0.4, -0.2) is 31.8 Å². The van der Waals surface area contributed by atoms with Gasteiger partial charge in [-0.3, -0.25) is 13.9 Å². The van der Waals surface area contributed by atoms with E-state index in [1.165, 1.54) is 9.13 Å². The van der Waals surface area contributed by atoms with E-state index < -0.39 is 0 Å². The van der Waals surface area contributed by atoms with Gasteiger partial charge >= 0.3 is 5.69 Å². The standard InChI is InChI=1S/C17H23N5O2/c1-4-6-9-20-10-8-12-21-13-14(18-16(20)21)19(3)17(24)22(15(13)23)11-7-5-2/h4-7H,8-12H2,1-3H3/b6-4+,7-5+. The number of rotatable bonds is 4. The molecule has 0 amide bonds. The van der Waals surface area contributed by atoms with E-state index in [9.17, 15) is 9.59 Å². The molecule has 0 unspecified atom stereocenters. The topological polar surface area (TPSA) is 65.1 Å². The molecule has 3 rings (SSSR count). The van der Waals surface area contributed by atoms with Crippen molar-refractivity contribution in [3.05, 3.63) is 45.1 Å². The molecule has 0 saturated heterocycles. The number of hydrogen-bond acceptors (Lipinski definition) is 4. The fourth-order valence-corrected chi connectivity index (χ4v) is 3.11. The Morgan fingerprint density at radius 3 is 2.50 bits per heavy atom. The van der Waals surface area contributed by atoms with Gasteiger partial charge in [-0.05, 0) is 20.3 Å². The number of anilines is 1. The van der Waals surface area contributed by atoms with Crippen LogP contribution in [0.5, 0.6) is 0 Å². The Balaban J connectivity index is 2.26. The Morgan fingerprint density at radius 2 is 1.79 bits per heavy atom. The smallest absolute Gasteiger partial charge is 0.332 e. The molecule has 2 aromatic rings. The molecule has 1 aliphatic heterocycles. The number of aryl methyl sites for hydroxylation is 2. The van der Waals surface area contributed by atoms with Crippen LogP contribution in [0.25, 0.3) is 11.2 Å². The van der Waals surface area contributed by atoms with Crippen molar-refractivity contribution >= 4 is 17.1 Å². The number of aromatic nitrogens is 4. The zero-order chi connectivity index (χ0) is 17.3. The van der Waals surface area contributed by atoms with Crippen LogP contribution in [0.3, 0.4) is 0 Å². The summed E-state index contributed by atoms with van der Waals surface area (Å²) < 4.78 is 4.69. The van der Waals surface area contributed by atoms with Crippen molar-refractivity contribution in [2.45, 2.75) is 33.4 Å². The van der Waals surface area contributed by atoms with Gasteiger partial charge in [-0.25, -0.2) is 4.79 Å². The van der Waals surface area contributed by atoms with Gasteiger partial charge in [0.25, 0.3) is 5.56 Å². The van der Waals surface area contributed by atoms with Crippen molar-refractivity contribution in [3.8, 4) is 0 Å². The van der Waals surface area contributed by atoms with Crippen LogP contribution in [-0.2, 0) is 20.1 Å². The molecule has 0 fully saturated rings. The van der Waals surface area contributed by atoms with Gasteiger partial charge in [-0.1, -0.05) is 24.3 Å². The van der Waals surface area contributed by atoms with Gasteiger partial charge in [0.15, 0.2) is 11.2 Å². The molecule has 3 heterocycles. The van der Waals surface area contributed by atoms with Gasteiger partial charge in [-0.2, -0.15) is 4.98 Å². The number of nitrogens with zero attached hydrogens (tertiary/aromatic N) is 5. The van der Waals surface area contributed by atoms with Crippen LogP contribution in [0.2, 0.25) is 0 Å². The largest absolute Gasteiger partial charge is 0.338 e. The van der Waals surface area contributed by atoms with Gasteiger partial charge in [-0.15, -0.1) is 0 Å². The summed E-state index contributed by atoms with van der Waals surface area (Å²) in [6, 6.07) is 0. The molecule has 0 atom stereocenters. The fraction of sp³-hybridized carbons (Fsp3) is 0.471. The zero-order valence-electron chi connectivity index (χ0n) is 14.4. The zero-order valence-corrected chi connectivity index (χ0v) is 14.4. The van der Waals surface area contributed by atoms with Crippen LogP contribution in [0.15, 0.2) is 33.9 Å². The first-order chi connectivity index (χ1) is 11.6. The summed E-state index contributed by atoms with van der Waals surface area (Å²) in [5.74, 6) is 0.769. The molecule has 2 aromatic heterocycles. The minimum absolute atomic E-state index is 0.266. The van der Waals surface area contributed by atoms with Crippen molar-refractivity contribution in [2.75, 3.05) is 18.0 Å². The van der Waals surface area contributed by atoms with Crippen LogP contribution >= 0.6 is 0 Å². The van der Waals surface area contributed by atoms with Crippen molar-refractivity contribution < 1.29 is 0 Å². The van der Waals surface area contributed by atoms with E-state index in [1.54, 1.807) is 13.1 Å². The molecule has 0 N–H and O–H groups in total. The first-order valence-electron chi connectivity index (χ1n) is 8.27. The molecule has 0 aliphatic carbocycles. The Kier molecular flexibility index (Phi) is 4.42. The predicted octanol–water partition coefficient (Wildman–Crippen LogP) is 1.26. The molecule has 0 radical (unpaired) electrons. The maximum absolute atomic E-state index is 12.9. The first-order valence-corrected chi connectivity index (χ1v) is 8.27. The highest BCUT2D eigenvalue weighted by Crippen LogP contribution is 2.24. The van der Waals surface area contributed by atoms with Crippen molar-refractivity contribution in [3.63, 3.8) is 0 Å². The van der Waals surface area contributed by atoms with Gasteiger partial charge in [0, 0.05) is 33.2 Å². The second-order valence-corrected chi connectivity index (χ2v) is 5.93. The highest BCUT2D eigenvalue weighted by Gasteiger charge is 2.25. The SMILES string of the molecule is C/C=C/CN1CCCn2c1nc1c2c(=O)n(C/C=C/C)c(=O)n1C. The van der Waals surface area contributed by atoms with Crippen LogP contribution < -0.4 is 16.1 Å². The summed E-state index contributed by atoms with van der Waals surface area (Å²) in [6.45, 7) is 6.52. The predicted molar refractivity (Wildman–Crippen MR) is 95.7 cm³/mol. The van der Waals surface area contributed by atoms with E-state index >= 15 is 0 Å². The molecule has 0 bridgehead atoms. The van der Waals surface area contributed by atoms with Crippen molar-refractivity contribution in [1.29, 1.82) is 0 Å². The first kappa shape index (κ1) is 16.3.